The normalized spacial score (nSPS) is 14.4. The molecule has 18 heavy (non-hydrogen) atoms. The average Bonchev–Trinajstić information content (AvgIpc) is 2.35. The summed E-state index contributed by atoms with van der Waals surface area (Å²) < 4.78 is 5.44. The van der Waals surface area contributed by atoms with Crippen molar-refractivity contribution < 1.29 is 4.74 Å². The minimum atomic E-state index is 0.00306. The Hall–Kier alpha value is -1.06. The van der Waals surface area contributed by atoms with Crippen LogP contribution in [0.15, 0.2) is 6.07 Å². The van der Waals surface area contributed by atoms with Crippen molar-refractivity contribution in [3.8, 4) is 5.75 Å². The number of benzene rings is 1. The molecule has 0 heterocycles. The summed E-state index contributed by atoms with van der Waals surface area (Å²) in [7, 11) is 1.71. The van der Waals surface area contributed by atoms with Crippen LogP contribution in [0.2, 0.25) is 0 Å². The standard InChI is InChI=1S/C15H26N2O/c1-6-12(8-16)14(17)13-7-9(2)15(18-5)11(4)10(13)3/h7,12,14H,6,8,16-17H2,1-5H3. The van der Waals surface area contributed by atoms with E-state index < -0.39 is 0 Å². The Bertz CT molecular complexity index is 411. The van der Waals surface area contributed by atoms with Crippen molar-refractivity contribution in [2.24, 2.45) is 17.4 Å². The SMILES string of the molecule is CCC(CN)C(N)c1cc(C)c(OC)c(C)c1C. The number of ether oxygens (including phenoxy) is 1. The molecule has 0 fully saturated rings. The maximum Gasteiger partial charge on any atom is 0.124 e. The van der Waals surface area contributed by atoms with Crippen molar-refractivity contribution in [2.75, 3.05) is 13.7 Å². The largest absolute Gasteiger partial charge is 0.496 e. The van der Waals surface area contributed by atoms with E-state index in [0.29, 0.717) is 12.5 Å². The molecule has 0 aromatic heterocycles. The lowest BCUT2D eigenvalue weighted by Gasteiger charge is -2.25. The van der Waals surface area contributed by atoms with Gasteiger partial charge in [-0.1, -0.05) is 19.4 Å². The van der Waals surface area contributed by atoms with E-state index in [-0.39, 0.29) is 6.04 Å². The third-order valence-corrected chi connectivity index (χ3v) is 3.96. The molecule has 0 saturated heterocycles. The molecule has 102 valence electrons. The van der Waals surface area contributed by atoms with E-state index in [9.17, 15) is 0 Å². The molecule has 0 aliphatic rings. The molecular formula is C15H26N2O. The van der Waals surface area contributed by atoms with Crippen molar-refractivity contribution in [1.29, 1.82) is 0 Å². The van der Waals surface area contributed by atoms with Gasteiger partial charge in [-0.25, -0.2) is 0 Å². The van der Waals surface area contributed by atoms with E-state index in [4.69, 9.17) is 16.2 Å². The van der Waals surface area contributed by atoms with Gasteiger partial charge >= 0.3 is 0 Å². The summed E-state index contributed by atoms with van der Waals surface area (Å²) in [5.74, 6) is 1.29. The van der Waals surface area contributed by atoms with Crippen LogP contribution in [-0.2, 0) is 0 Å². The van der Waals surface area contributed by atoms with E-state index in [0.717, 1.165) is 17.7 Å². The van der Waals surface area contributed by atoms with Gasteiger partial charge in [0.15, 0.2) is 0 Å². The molecule has 0 radical (unpaired) electrons. The second-order valence-corrected chi connectivity index (χ2v) is 5.00. The minimum absolute atomic E-state index is 0.00306. The van der Waals surface area contributed by atoms with Crippen molar-refractivity contribution in [2.45, 2.75) is 40.2 Å². The number of hydrogen-bond acceptors (Lipinski definition) is 3. The Morgan fingerprint density at radius 2 is 1.83 bits per heavy atom. The van der Waals surface area contributed by atoms with E-state index >= 15 is 0 Å². The van der Waals surface area contributed by atoms with Gasteiger partial charge in [0.2, 0.25) is 0 Å². The highest BCUT2D eigenvalue weighted by molar-refractivity contribution is 5.50. The molecule has 0 spiro atoms. The molecule has 3 heteroatoms. The van der Waals surface area contributed by atoms with Crippen LogP contribution in [0.3, 0.4) is 0 Å². The number of aryl methyl sites for hydroxylation is 1. The van der Waals surface area contributed by atoms with Crippen molar-refractivity contribution in [1.82, 2.24) is 0 Å². The molecule has 1 aromatic rings. The van der Waals surface area contributed by atoms with E-state index in [1.165, 1.54) is 16.7 Å². The average molecular weight is 250 g/mol. The van der Waals surface area contributed by atoms with E-state index in [1.54, 1.807) is 7.11 Å². The van der Waals surface area contributed by atoms with Crippen molar-refractivity contribution in [3.05, 3.63) is 28.3 Å². The fourth-order valence-electron chi connectivity index (χ4n) is 2.57. The minimum Gasteiger partial charge on any atom is -0.496 e. The lowest BCUT2D eigenvalue weighted by molar-refractivity contribution is 0.404. The van der Waals surface area contributed by atoms with Gasteiger partial charge in [0.1, 0.15) is 5.75 Å². The van der Waals surface area contributed by atoms with Crippen LogP contribution < -0.4 is 16.2 Å². The topological polar surface area (TPSA) is 61.3 Å². The third kappa shape index (κ3) is 2.68. The monoisotopic (exact) mass is 250 g/mol. The highest BCUT2D eigenvalue weighted by Gasteiger charge is 2.21. The van der Waals surface area contributed by atoms with Gasteiger partial charge in [-0.3, -0.25) is 0 Å². The summed E-state index contributed by atoms with van der Waals surface area (Å²) in [5.41, 5.74) is 16.9. The second kappa shape index (κ2) is 6.21. The fourth-order valence-corrected chi connectivity index (χ4v) is 2.57. The maximum absolute atomic E-state index is 6.37. The molecule has 0 bridgehead atoms. The van der Waals surface area contributed by atoms with Crippen LogP contribution in [0, 0.1) is 26.7 Å². The molecular weight excluding hydrogens is 224 g/mol. The first kappa shape index (κ1) is 15.0. The van der Waals surface area contributed by atoms with Gasteiger partial charge < -0.3 is 16.2 Å². The predicted octanol–water partition coefficient (Wildman–Crippen LogP) is 2.61. The zero-order valence-electron chi connectivity index (χ0n) is 12.2. The summed E-state index contributed by atoms with van der Waals surface area (Å²) in [6, 6.07) is 2.15. The van der Waals surface area contributed by atoms with E-state index in [2.05, 4.69) is 33.8 Å². The predicted molar refractivity (Wildman–Crippen MR) is 77.0 cm³/mol. The van der Waals surface area contributed by atoms with Gasteiger partial charge in [-0.2, -0.15) is 0 Å². The Morgan fingerprint density at radius 1 is 1.22 bits per heavy atom. The lowest BCUT2D eigenvalue weighted by Crippen LogP contribution is -2.28. The van der Waals surface area contributed by atoms with Gasteiger partial charge in [0.25, 0.3) is 0 Å². The molecule has 0 aliphatic heterocycles. The zero-order chi connectivity index (χ0) is 13.9. The number of methoxy groups -OCH3 is 1. The Morgan fingerprint density at radius 3 is 2.28 bits per heavy atom. The first-order valence-corrected chi connectivity index (χ1v) is 6.58. The van der Waals surface area contributed by atoms with Gasteiger partial charge in [0.05, 0.1) is 7.11 Å². The summed E-state index contributed by atoms with van der Waals surface area (Å²) in [6.07, 6.45) is 1.00. The summed E-state index contributed by atoms with van der Waals surface area (Å²) in [4.78, 5) is 0. The van der Waals surface area contributed by atoms with Crippen LogP contribution in [0.25, 0.3) is 0 Å². The van der Waals surface area contributed by atoms with Crippen LogP contribution in [-0.4, -0.2) is 13.7 Å². The number of nitrogens with two attached hydrogens (primary N) is 2. The Balaban J connectivity index is 3.26. The molecule has 4 N–H and O–H groups in total. The first-order chi connectivity index (χ1) is 8.47. The van der Waals surface area contributed by atoms with Gasteiger partial charge in [0, 0.05) is 6.04 Å². The molecule has 1 rings (SSSR count). The summed E-state index contributed by atoms with van der Waals surface area (Å²) >= 11 is 0. The Kier molecular flexibility index (Phi) is 5.17. The van der Waals surface area contributed by atoms with Crippen molar-refractivity contribution >= 4 is 0 Å². The summed E-state index contributed by atoms with van der Waals surface area (Å²) in [6.45, 7) is 9.01. The highest BCUT2D eigenvalue weighted by Crippen LogP contribution is 2.33. The Labute approximate surface area is 111 Å². The second-order valence-electron chi connectivity index (χ2n) is 5.00. The zero-order valence-corrected chi connectivity index (χ0v) is 12.2. The van der Waals surface area contributed by atoms with Gasteiger partial charge in [-0.05, 0) is 55.5 Å². The third-order valence-electron chi connectivity index (χ3n) is 3.96. The van der Waals surface area contributed by atoms with Gasteiger partial charge in [-0.15, -0.1) is 0 Å². The maximum atomic E-state index is 6.37. The summed E-state index contributed by atoms with van der Waals surface area (Å²) in [5, 5.41) is 0. The van der Waals surface area contributed by atoms with Crippen LogP contribution >= 0.6 is 0 Å². The molecule has 2 unspecified atom stereocenters. The molecule has 0 amide bonds. The molecule has 1 aromatic carbocycles. The van der Waals surface area contributed by atoms with Crippen molar-refractivity contribution in [3.63, 3.8) is 0 Å². The molecule has 3 nitrogen and oxygen atoms in total. The number of rotatable bonds is 5. The molecule has 2 atom stereocenters. The lowest BCUT2D eigenvalue weighted by atomic mass is 9.86. The molecule has 0 aliphatic carbocycles. The van der Waals surface area contributed by atoms with Crippen LogP contribution in [0.1, 0.15) is 41.6 Å². The van der Waals surface area contributed by atoms with Crippen LogP contribution in [0.5, 0.6) is 5.75 Å². The quantitative estimate of drug-likeness (QED) is 0.844. The number of hydrogen-bond donors (Lipinski definition) is 2. The fraction of sp³-hybridized carbons (Fsp3) is 0.600. The highest BCUT2D eigenvalue weighted by atomic mass is 16.5. The van der Waals surface area contributed by atoms with Crippen LogP contribution in [0.4, 0.5) is 0 Å². The first-order valence-electron chi connectivity index (χ1n) is 6.58. The molecule has 0 saturated carbocycles. The smallest absolute Gasteiger partial charge is 0.124 e. The van der Waals surface area contributed by atoms with E-state index in [1.807, 2.05) is 0 Å².